The quantitative estimate of drug-likeness (QED) is 0.0898. The van der Waals surface area contributed by atoms with Gasteiger partial charge in [-0.2, -0.15) is 0 Å². The van der Waals surface area contributed by atoms with Gasteiger partial charge in [0.05, 0.1) is 46.2 Å². The first-order valence-electron chi connectivity index (χ1n) is 35.4. The minimum absolute atomic E-state index is 0.0472. The standard InChI is InChI=1S/C70H118O36/c1-71-27-35-42-49(78-8)56(85-15)65(92-35)100-44-37(29-73-3)94-67(58(87-17)51(44)80-10)102-46-39(31-75-5)96-69(60(89-19)53(46)82-12)104-48-41(33-77-7)98-70(62(55(48)84-14)106-63(91-21)34-25-23-22-24-26-34)105-47-40(32-76-6)97-68(61(90-20)54(47)83-13)103-45-38(30-74-4)95-66(59(88-18)52(45)81-11)101-43-36(28-72-2)93-64(99-42)57(86-16)50(43)79-9/h22-26,35-70H,27-33H2,1-21H3/t35-,36-,37-,38-,39+,40+,41+,42+,43+,44+,45+,46+,47+,48+,49-,50-,51-,52-,53+,54-,55-,56+,57+,58+,59+,60-,61+,62+,63?,64+,65+,66+,67+,68+,69+,70+/m0/s1. The van der Waals surface area contributed by atoms with Crippen molar-refractivity contribution in [2.45, 2.75) is 221 Å². The zero-order valence-electron chi connectivity index (χ0n) is 64.8. The van der Waals surface area contributed by atoms with Gasteiger partial charge in [0.2, 0.25) is 0 Å². The summed E-state index contributed by atoms with van der Waals surface area (Å²) in [6, 6.07) is 9.30. The molecule has 21 heterocycles. The van der Waals surface area contributed by atoms with E-state index in [1.54, 1.807) is 0 Å². The first-order valence-corrected chi connectivity index (χ1v) is 35.4. The summed E-state index contributed by atoms with van der Waals surface area (Å²) in [6.45, 7) is -0.447. The van der Waals surface area contributed by atoms with E-state index >= 15 is 0 Å². The van der Waals surface area contributed by atoms with Gasteiger partial charge in [-0.1, -0.05) is 30.3 Å². The molecule has 21 aliphatic heterocycles. The zero-order valence-corrected chi connectivity index (χ0v) is 64.8. The van der Waals surface area contributed by atoms with Gasteiger partial charge in [-0.25, -0.2) is 0 Å². The lowest BCUT2D eigenvalue weighted by Gasteiger charge is -2.52. The molecule has 0 radical (unpaired) electrons. The summed E-state index contributed by atoms with van der Waals surface area (Å²) in [5.41, 5.74) is 0.652. The maximum Gasteiger partial charge on any atom is 0.187 e. The summed E-state index contributed by atoms with van der Waals surface area (Å²) in [5.74, 6) is 0. The Morgan fingerprint density at radius 2 is 0.387 bits per heavy atom. The van der Waals surface area contributed by atoms with Gasteiger partial charge in [0.15, 0.2) is 50.3 Å². The Balaban J connectivity index is 1.17. The van der Waals surface area contributed by atoms with Crippen molar-refractivity contribution in [3.63, 3.8) is 0 Å². The lowest BCUT2D eigenvalue weighted by Crippen LogP contribution is -2.69. The van der Waals surface area contributed by atoms with Crippen LogP contribution >= 0.6 is 0 Å². The maximum atomic E-state index is 7.26. The van der Waals surface area contributed by atoms with Crippen LogP contribution in [0.15, 0.2) is 30.3 Å². The molecule has 0 aromatic heterocycles. The predicted octanol–water partition coefficient (Wildman–Crippen LogP) is 0.221. The molecule has 36 atom stereocenters. The molecule has 0 spiro atoms. The minimum Gasteiger partial charge on any atom is -0.382 e. The summed E-state index contributed by atoms with van der Waals surface area (Å²) in [5, 5.41) is 0. The molecule has 0 aliphatic carbocycles. The van der Waals surface area contributed by atoms with Gasteiger partial charge in [0.25, 0.3) is 0 Å². The van der Waals surface area contributed by atoms with Crippen molar-refractivity contribution < 1.29 is 171 Å². The van der Waals surface area contributed by atoms with Crippen LogP contribution in [0.5, 0.6) is 0 Å². The molecular weight excluding hydrogens is 1420 g/mol. The molecule has 106 heavy (non-hydrogen) atoms. The molecule has 1 aromatic carbocycles. The van der Waals surface area contributed by atoms with E-state index in [9.17, 15) is 0 Å². The third-order valence-electron chi connectivity index (χ3n) is 20.6. The zero-order chi connectivity index (χ0) is 76.3. The molecule has 36 heteroatoms. The molecule has 0 N–H and O–H groups in total. The van der Waals surface area contributed by atoms with E-state index in [1.165, 1.54) is 149 Å². The number of rotatable bonds is 31. The molecule has 614 valence electrons. The Morgan fingerprint density at radius 1 is 0.217 bits per heavy atom. The Bertz CT molecular complexity index is 2580. The Morgan fingerprint density at radius 3 is 0.547 bits per heavy atom. The third kappa shape index (κ3) is 19.4. The summed E-state index contributed by atoms with van der Waals surface area (Å²) in [4.78, 5) is 0. The topological polar surface area (TPSA) is 332 Å². The average molecular weight is 1540 g/mol. The number of benzene rings is 1. The highest BCUT2D eigenvalue weighted by atomic mass is 16.8. The maximum absolute atomic E-state index is 7.26. The van der Waals surface area contributed by atoms with Gasteiger partial charge in [0, 0.05) is 155 Å². The van der Waals surface area contributed by atoms with Crippen molar-refractivity contribution in [2.75, 3.05) is 196 Å². The molecule has 0 amide bonds. The van der Waals surface area contributed by atoms with Crippen molar-refractivity contribution in [3.8, 4) is 0 Å². The summed E-state index contributed by atoms with van der Waals surface area (Å²) < 4.78 is 236. The molecule has 1 aromatic rings. The van der Waals surface area contributed by atoms with Gasteiger partial charge in [-0.05, 0) is 0 Å². The van der Waals surface area contributed by atoms with Gasteiger partial charge in [0.1, 0.15) is 171 Å². The van der Waals surface area contributed by atoms with Crippen LogP contribution in [0.2, 0.25) is 0 Å². The predicted molar refractivity (Wildman–Crippen MR) is 359 cm³/mol. The molecule has 36 nitrogen and oxygen atoms in total. The van der Waals surface area contributed by atoms with Crippen LogP contribution in [0, 0.1) is 0 Å². The van der Waals surface area contributed by atoms with Crippen molar-refractivity contribution in [2.24, 2.45) is 0 Å². The molecule has 21 fully saturated rings. The molecular formula is C70H118O36. The van der Waals surface area contributed by atoms with Crippen LogP contribution in [0.3, 0.4) is 0 Å². The van der Waals surface area contributed by atoms with Crippen LogP contribution < -0.4 is 0 Å². The monoisotopic (exact) mass is 1530 g/mol. The van der Waals surface area contributed by atoms with Gasteiger partial charge < -0.3 is 171 Å². The molecule has 14 bridgehead atoms. The number of methoxy groups -OCH3 is 21. The third-order valence-corrected chi connectivity index (χ3v) is 20.6. The highest BCUT2D eigenvalue weighted by Gasteiger charge is 2.62. The molecule has 22 rings (SSSR count). The van der Waals surface area contributed by atoms with E-state index in [1.807, 2.05) is 30.3 Å². The fraction of sp³-hybridized carbons (Fsp3) is 0.914. The largest absolute Gasteiger partial charge is 0.382 e. The van der Waals surface area contributed by atoms with E-state index in [2.05, 4.69) is 0 Å². The van der Waals surface area contributed by atoms with Crippen LogP contribution in [0.4, 0.5) is 0 Å². The Hall–Kier alpha value is -2.22. The van der Waals surface area contributed by atoms with Crippen molar-refractivity contribution in [1.82, 2.24) is 0 Å². The highest BCUT2D eigenvalue weighted by molar-refractivity contribution is 5.16. The average Bonchev–Trinajstić information content (AvgIpc) is 0.761. The van der Waals surface area contributed by atoms with E-state index in [0.29, 0.717) is 5.56 Å². The minimum atomic E-state index is -1.37. The van der Waals surface area contributed by atoms with Gasteiger partial charge in [-0.15, -0.1) is 0 Å². The number of ether oxygens (including phenoxy) is 36. The molecule has 0 saturated carbocycles. The molecule has 21 aliphatic rings. The Labute approximate surface area is 621 Å². The van der Waals surface area contributed by atoms with E-state index in [-0.39, 0.29) is 46.2 Å². The van der Waals surface area contributed by atoms with Crippen molar-refractivity contribution >= 4 is 0 Å². The number of hydrogen-bond acceptors (Lipinski definition) is 36. The second-order valence-corrected chi connectivity index (χ2v) is 26.4. The molecule has 21 saturated heterocycles. The summed E-state index contributed by atoms with van der Waals surface area (Å²) >= 11 is 0. The van der Waals surface area contributed by atoms with Crippen LogP contribution in [-0.2, 0) is 171 Å². The molecule has 1 unspecified atom stereocenters. The SMILES string of the molecule is COC[C@@H]1O[C@@H]2O[C@H]3[C@H](OC)[C@@H](OC)[C@@H](O[C@H]4[C@@H](OC)[C@H](OC)[C@@H](O[C@H]5[C@H](OC)[C@@H](OC(OC)c6ccccc6)[C@@H](O[C@H]6[C@H](OC)[C@@H](OC)[C@@H](O[C@H]7[C@H](OC)[C@@H](OC)[C@@H](O[C@H]8[C@H](OC)[C@@H](OC)[C@@H](O[C@H]1[C@H](OC)[C@H]2OC)O[C@H]8COC)O[C@H]7COC)O[C@@H]6COC)O[C@@H]5COC)O[C@@H]4COC)O[C@H]3COC. The van der Waals surface area contributed by atoms with E-state index in [0.717, 1.165) is 0 Å². The first-order chi connectivity index (χ1) is 51.7. The first kappa shape index (κ1) is 87.7. The van der Waals surface area contributed by atoms with Crippen LogP contribution in [0.25, 0.3) is 0 Å². The van der Waals surface area contributed by atoms with Gasteiger partial charge >= 0.3 is 0 Å². The fourth-order valence-corrected chi connectivity index (χ4v) is 15.8. The van der Waals surface area contributed by atoms with Crippen molar-refractivity contribution in [1.29, 1.82) is 0 Å². The lowest BCUT2D eigenvalue weighted by molar-refractivity contribution is -0.408. The normalized spacial score (nSPS) is 43.8. The van der Waals surface area contributed by atoms with Crippen molar-refractivity contribution in [3.05, 3.63) is 35.9 Å². The fourth-order valence-electron chi connectivity index (χ4n) is 15.8. The van der Waals surface area contributed by atoms with Crippen LogP contribution in [0.1, 0.15) is 11.9 Å². The highest BCUT2D eigenvalue weighted by Crippen LogP contribution is 2.44. The van der Waals surface area contributed by atoms with E-state index in [4.69, 9.17) is 171 Å². The van der Waals surface area contributed by atoms with E-state index < -0.39 is 221 Å². The van der Waals surface area contributed by atoms with Crippen LogP contribution in [-0.4, -0.2) is 410 Å². The lowest BCUT2D eigenvalue weighted by atomic mass is 9.94. The number of hydrogen-bond donors (Lipinski definition) is 0. The Kier molecular flexibility index (Phi) is 35.9. The smallest absolute Gasteiger partial charge is 0.187 e. The second-order valence-electron chi connectivity index (χ2n) is 26.4. The van der Waals surface area contributed by atoms with Gasteiger partial charge in [-0.3, -0.25) is 0 Å². The summed E-state index contributed by atoms with van der Waals surface area (Å²) in [7, 11) is 31.7. The summed E-state index contributed by atoms with van der Waals surface area (Å²) in [6.07, 6.45) is -38.7. The second kappa shape index (κ2) is 43.3.